The molecule has 2 N–H and O–H groups in total. The monoisotopic (exact) mass is 768 g/mol. The predicted molar refractivity (Wildman–Crippen MR) is 187 cm³/mol. The molecule has 2 atom stereocenters. The number of carbonyl (C=O) groups is 3. The van der Waals surface area contributed by atoms with Crippen LogP contribution in [-0.2, 0) is 18.9 Å². The molecule has 0 bridgehead atoms. The quantitative estimate of drug-likeness (QED) is 0.163. The Morgan fingerprint density at radius 3 is 1.15 bits per heavy atom. The summed E-state index contributed by atoms with van der Waals surface area (Å²) in [6, 6.07) is 15.6. The average Bonchev–Trinajstić information content (AvgIpc) is 2.87. The van der Waals surface area contributed by atoms with Gasteiger partial charge in [-0.15, -0.1) is 0 Å². The fourth-order valence-electron chi connectivity index (χ4n) is 4.87. The van der Waals surface area contributed by atoms with Crippen molar-refractivity contribution in [3.8, 4) is 0 Å². The van der Waals surface area contributed by atoms with Crippen molar-refractivity contribution in [1.29, 1.82) is 0 Å². The highest BCUT2D eigenvalue weighted by Gasteiger charge is 2.34. The van der Waals surface area contributed by atoms with E-state index in [2.05, 4.69) is 42.5 Å². The topological polar surface area (TPSA) is 112 Å². The van der Waals surface area contributed by atoms with Gasteiger partial charge < -0.3 is 29.6 Å². The molecule has 11 heteroatoms. The van der Waals surface area contributed by atoms with E-state index in [1.54, 1.807) is 0 Å². The third kappa shape index (κ3) is 15.7. The second kappa shape index (κ2) is 16.4. The Morgan fingerprint density at radius 1 is 0.565 bits per heavy atom. The van der Waals surface area contributed by atoms with Crippen molar-refractivity contribution in [2.45, 2.75) is 116 Å². The van der Waals surface area contributed by atoms with Crippen LogP contribution in [0.15, 0.2) is 57.5 Å². The van der Waals surface area contributed by atoms with Crippen molar-refractivity contribution >= 4 is 50.2 Å². The maximum atomic E-state index is 13.2. The minimum absolute atomic E-state index is 0.183. The lowest BCUT2D eigenvalue weighted by molar-refractivity contribution is -0.0671. The first kappa shape index (κ1) is 39.4. The molecular weight excluding hydrogens is 720 g/mol. The Kier molecular flexibility index (Phi) is 14.0. The number of carbonyl (C=O) groups excluding carboxylic acids is 3. The molecule has 0 fully saturated rings. The zero-order valence-electron chi connectivity index (χ0n) is 28.7. The highest BCUT2D eigenvalue weighted by Crippen LogP contribution is 2.33. The van der Waals surface area contributed by atoms with Crippen molar-refractivity contribution in [3.63, 3.8) is 0 Å². The molecule has 2 unspecified atom stereocenters. The molecule has 2 rings (SSSR count). The molecule has 0 spiro atoms. The second-order valence-electron chi connectivity index (χ2n) is 14.6. The molecule has 0 radical (unpaired) electrons. The van der Waals surface area contributed by atoms with Crippen molar-refractivity contribution in [1.82, 2.24) is 10.6 Å². The van der Waals surface area contributed by atoms with Gasteiger partial charge in [0.05, 0.1) is 0 Å². The molecule has 256 valence electrons. The summed E-state index contributed by atoms with van der Waals surface area (Å²) >= 11 is 6.94. The number of rotatable bonds is 12. The Balaban J connectivity index is 2.13. The largest absolute Gasteiger partial charge is 0.509 e. The van der Waals surface area contributed by atoms with E-state index in [1.165, 1.54) is 0 Å². The molecule has 2 amide bonds. The number of alkyl carbamates (subject to hydrolysis) is 2. The van der Waals surface area contributed by atoms with Crippen molar-refractivity contribution in [2.24, 2.45) is 0 Å². The molecule has 0 saturated carbocycles. The average molecular weight is 771 g/mol. The minimum atomic E-state index is -0.941. The maximum Gasteiger partial charge on any atom is 0.509 e. The Labute approximate surface area is 291 Å². The molecule has 0 aliphatic heterocycles. The van der Waals surface area contributed by atoms with E-state index in [9.17, 15) is 14.4 Å². The predicted octanol–water partition coefficient (Wildman–Crippen LogP) is 9.62. The first-order chi connectivity index (χ1) is 21.0. The first-order valence-electron chi connectivity index (χ1n) is 15.4. The summed E-state index contributed by atoms with van der Waals surface area (Å²) in [6.45, 7) is 18.7. The van der Waals surface area contributed by atoms with Crippen LogP contribution in [0.25, 0.3) is 0 Å². The van der Waals surface area contributed by atoms with Crippen LogP contribution in [0.5, 0.6) is 0 Å². The van der Waals surface area contributed by atoms with Crippen LogP contribution in [0.1, 0.15) is 105 Å². The molecule has 0 aliphatic carbocycles. The smallest absolute Gasteiger partial charge is 0.444 e. The number of hydrogen-bond donors (Lipinski definition) is 2. The van der Waals surface area contributed by atoms with Crippen molar-refractivity contribution in [2.75, 3.05) is 13.1 Å². The van der Waals surface area contributed by atoms with E-state index in [4.69, 9.17) is 18.9 Å². The summed E-state index contributed by atoms with van der Waals surface area (Å²) in [5.74, 6) is -0.366. The van der Waals surface area contributed by atoms with Gasteiger partial charge in [0.1, 0.15) is 22.4 Å². The number of benzene rings is 2. The fraction of sp³-hybridized carbons (Fsp3) is 0.571. The molecule has 46 heavy (non-hydrogen) atoms. The van der Waals surface area contributed by atoms with Crippen molar-refractivity contribution < 1.29 is 33.3 Å². The third-order valence-electron chi connectivity index (χ3n) is 6.66. The number of amides is 2. The molecule has 2 aromatic carbocycles. The van der Waals surface area contributed by atoms with Crippen LogP contribution < -0.4 is 10.6 Å². The summed E-state index contributed by atoms with van der Waals surface area (Å²) < 4.78 is 24.5. The van der Waals surface area contributed by atoms with Crippen LogP contribution in [0.3, 0.4) is 0 Å². The third-order valence-corrected chi connectivity index (χ3v) is 7.72. The molecule has 9 nitrogen and oxygen atoms in total. The number of ether oxygens (including phenoxy) is 4. The molecule has 0 saturated heterocycles. The van der Waals surface area contributed by atoms with Gasteiger partial charge in [0.2, 0.25) is 0 Å². The van der Waals surface area contributed by atoms with Gasteiger partial charge in [-0.1, -0.05) is 56.1 Å². The molecule has 2 aromatic rings. The summed E-state index contributed by atoms with van der Waals surface area (Å²) in [5, 5.41) is 5.71. The van der Waals surface area contributed by atoms with Gasteiger partial charge >= 0.3 is 18.3 Å². The summed E-state index contributed by atoms with van der Waals surface area (Å²) in [4.78, 5) is 38.1. The van der Waals surface area contributed by atoms with Crippen LogP contribution in [0.2, 0.25) is 0 Å². The van der Waals surface area contributed by atoms with Gasteiger partial charge in [-0.3, -0.25) is 0 Å². The van der Waals surface area contributed by atoms with Gasteiger partial charge in [0.25, 0.3) is 0 Å². The summed E-state index contributed by atoms with van der Waals surface area (Å²) in [6.07, 6.45) is -1.03. The van der Waals surface area contributed by atoms with Gasteiger partial charge in [-0.05, 0) is 117 Å². The van der Waals surface area contributed by atoms with E-state index in [0.717, 1.165) is 20.1 Å². The lowest BCUT2D eigenvalue weighted by Crippen LogP contribution is -2.40. The SMILES string of the molecule is CC(C)(C)OC(=O)NCC(CC(C)(C)OC(=O)OC(C)(C)CC(CNC(=O)OC(C)(C)C)c1ccc(Br)cc1)c1ccc(Br)cc1. The highest BCUT2D eigenvalue weighted by molar-refractivity contribution is 9.10. The molecule has 0 aromatic heterocycles. The summed E-state index contributed by atoms with van der Waals surface area (Å²) in [7, 11) is 0. The van der Waals surface area contributed by atoms with E-state index < -0.39 is 40.7 Å². The van der Waals surface area contributed by atoms with Gasteiger partial charge in [0.15, 0.2) is 0 Å². The van der Waals surface area contributed by atoms with E-state index in [-0.39, 0.29) is 24.9 Å². The fourth-order valence-corrected chi connectivity index (χ4v) is 5.40. The van der Waals surface area contributed by atoms with Gasteiger partial charge in [-0.25, -0.2) is 14.4 Å². The number of halogens is 2. The number of nitrogens with one attached hydrogen (secondary N) is 2. The zero-order chi connectivity index (χ0) is 34.9. The van der Waals surface area contributed by atoms with Crippen LogP contribution >= 0.6 is 31.9 Å². The summed E-state index contributed by atoms with van der Waals surface area (Å²) in [5.41, 5.74) is -1.19. The Bertz CT molecular complexity index is 1200. The zero-order valence-corrected chi connectivity index (χ0v) is 31.9. The normalized spacial score (nSPS) is 13.7. The number of hydrogen-bond acceptors (Lipinski definition) is 7. The highest BCUT2D eigenvalue weighted by atomic mass is 79.9. The van der Waals surface area contributed by atoms with Crippen LogP contribution in [-0.4, -0.2) is 53.8 Å². The Morgan fingerprint density at radius 2 is 0.870 bits per heavy atom. The van der Waals surface area contributed by atoms with E-state index in [1.807, 2.05) is 118 Å². The van der Waals surface area contributed by atoms with E-state index in [0.29, 0.717) is 12.8 Å². The maximum absolute atomic E-state index is 13.2. The molecule has 0 aliphatic rings. The molecular formula is C35H50Br2N2O7. The van der Waals surface area contributed by atoms with E-state index >= 15 is 0 Å². The Hall–Kier alpha value is -2.79. The second-order valence-corrected chi connectivity index (χ2v) is 16.5. The lowest BCUT2D eigenvalue weighted by Gasteiger charge is -2.33. The van der Waals surface area contributed by atoms with Gasteiger partial charge in [0, 0.05) is 33.9 Å². The van der Waals surface area contributed by atoms with Crippen LogP contribution in [0.4, 0.5) is 14.4 Å². The standard InChI is InChI=1S/C35H50Br2N2O7/c1-32(2,3)43-29(40)38-21-25(23-11-15-27(36)16-12-23)19-34(7,8)45-31(42)46-35(9,10)20-26(24-13-17-28(37)18-14-24)22-39-30(41)44-33(4,5)6/h11-18,25-26H,19-22H2,1-10H3,(H,38,40)(H,39,41). The lowest BCUT2D eigenvalue weighted by atomic mass is 9.87. The van der Waals surface area contributed by atoms with Crippen molar-refractivity contribution in [3.05, 3.63) is 68.6 Å². The first-order valence-corrected chi connectivity index (χ1v) is 17.0. The van der Waals surface area contributed by atoms with Crippen LogP contribution in [0, 0.1) is 0 Å². The minimum Gasteiger partial charge on any atom is -0.444 e. The molecule has 0 heterocycles. The van der Waals surface area contributed by atoms with Gasteiger partial charge in [-0.2, -0.15) is 0 Å².